The summed E-state index contributed by atoms with van der Waals surface area (Å²) in [5.74, 6) is -0.200. The third-order valence-electron chi connectivity index (χ3n) is 1.94. The first kappa shape index (κ1) is 8.53. The van der Waals surface area contributed by atoms with Crippen molar-refractivity contribution in [1.82, 2.24) is 0 Å². The smallest absolute Gasteiger partial charge is 0.303 e. The Hall–Kier alpha value is -0.570. The average molecular weight is 158 g/mol. The number of carbonyl (C=O) groups excluding carboxylic acids is 1. The van der Waals surface area contributed by atoms with E-state index in [1.165, 1.54) is 6.92 Å². The van der Waals surface area contributed by atoms with Crippen molar-refractivity contribution in [3.63, 3.8) is 0 Å². The van der Waals surface area contributed by atoms with Crippen LogP contribution in [0.3, 0.4) is 0 Å². The van der Waals surface area contributed by atoms with Gasteiger partial charge in [-0.1, -0.05) is 0 Å². The van der Waals surface area contributed by atoms with Crippen LogP contribution in [0.4, 0.5) is 0 Å². The molecule has 1 fully saturated rings. The van der Waals surface area contributed by atoms with Gasteiger partial charge in [-0.25, -0.2) is 0 Å². The van der Waals surface area contributed by atoms with Crippen LogP contribution >= 0.6 is 0 Å². The van der Waals surface area contributed by atoms with E-state index in [-0.39, 0.29) is 11.6 Å². The van der Waals surface area contributed by atoms with E-state index in [1.54, 1.807) is 0 Å². The third kappa shape index (κ3) is 2.50. The summed E-state index contributed by atoms with van der Waals surface area (Å²) < 4.78 is 10.3. The molecule has 1 rings (SSSR count). The minimum Gasteiger partial charge on any atom is -0.459 e. The van der Waals surface area contributed by atoms with E-state index in [0.717, 1.165) is 12.8 Å². The fourth-order valence-electron chi connectivity index (χ4n) is 1.25. The lowest BCUT2D eigenvalue weighted by Gasteiger charge is -2.32. The maximum absolute atomic E-state index is 10.7. The van der Waals surface area contributed by atoms with E-state index >= 15 is 0 Å². The highest BCUT2D eigenvalue weighted by atomic mass is 16.6. The topological polar surface area (TPSA) is 35.5 Å². The first-order valence-corrected chi connectivity index (χ1v) is 3.90. The molecule has 1 saturated heterocycles. The van der Waals surface area contributed by atoms with Crippen molar-refractivity contribution < 1.29 is 14.3 Å². The summed E-state index contributed by atoms with van der Waals surface area (Å²) >= 11 is 0. The minimum atomic E-state index is -0.274. The van der Waals surface area contributed by atoms with Gasteiger partial charge in [0.2, 0.25) is 0 Å². The van der Waals surface area contributed by atoms with Crippen LogP contribution in [-0.2, 0) is 14.3 Å². The third-order valence-corrected chi connectivity index (χ3v) is 1.94. The molecule has 0 aromatic rings. The van der Waals surface area contributed by atoms with E-state index < -0.39 is 0 Å². The van der Waals surface area contributed by atoms with Gasteiger partial charge < -0.3 is 9.47 Å². The highest BCUT2D eigenvalue weighted by molar-refractivity contribution is 5.66. The van der Waals surface area contributed by atoms with Crippen molar-refractivity contribution >= 4 is 5.97 Å². The number of hydrogen-bond donors (Lipinski definition) is 0. The summed E-state index contributed by atoms with van der Waals surface area (Å²) in [5, 5.41) is 0. The van der Waals surface area contributed by atoms with Crippen LogP contribution in [0.15, 0.2) is 0 Å². The van der Waals surface area contributed by atoms with Crippen LogP contribution in [0.25, 0.3) is 0 Å². The van der Waals surface area contributed by atoms with Gasteiger partial charge in [0.15, 0.2) is 0 Å². The Morgan fingerprint density at radius 2 is 2.00 bits per heavy atom. The molecule has 0 aromatic heterocycles. The predicted octanol–water partition coefficient (Wildman–Crippen LogP) is 1.12. The monoisotopic (exact) mass is 158 g/mol. The fraction of sp³-hybridized carbons (Fsp3) is 0.875. The molecule has 0 aromatic carbocycles. The maximum Gasteiger partial charge on any atom is 0.303 e. The molecule has 1 aliphatic heterocycles. The molecule has 0 atom stereocenters. The van der Waals surface area contributed by atoms with E-state index in [1.807, 2.05) is 6.92 Å². The molecule has 0 radical (unpaired) electrons. The van der Waals surface area contributed by atoms with Crippen LogP contribution < -0.4 is 0 Å². The van der Waals surface area contributed by atoms with Gasteiger partial charge in [0.25, 0.3) is 0 Å². The molecule has 1 heterocycles. The fourth-order valence-corrected chi connectivity index (χ4v) is 1.25. The van der Waals surface area contributed by atoms with E-state index in [4.69, 9.17) is 9.47 Å². The molecular weight excluding hydrogens is 144 g/mol. The van der Waals surface area contributed by atoms with Crippen molar-refractivity contribution in [3.8, 4) is 0 Å². The zero-order chi connectivity index (χ0) is 8.32. The summed E-state index contributed by atoms with van der Waals surface area (Å²) in [5.41, 5.74) is -0.274. The molecule has 0 saturated carbocycles. The average Bonchev–Trinajstić information content (AvgIpc) is 1.85. The highest BCUT2D eigenvalue weighted by Gasteiger charge is 2.29. The lowest BCUT2D eigenvalue weighted by molar-refractivity contribution is -0.163. The zero-order valence-electron chi connectivity index (χ0n) is 7.05. The lowest BCUT2D eigenvalue weighted by Crippen LogP contribution is -2.37. The molecule has 0 unspecified atom stereocenters. The van der Waals surface area contributed by atoms with E-state index in [0.29, 0.717) is 13.2 Å². The van der Waals surface area contributed by atoms with Gasteiger partial charge in [-0.3, -0.25) is 4.79 Å². The van der Waals surface area contributed by atoms with Crippen molar-refractivity contribution in [2.24, 2.45) is 0 Å². The van der Waals surface area contributed by atoms with Crippen LogP contribution in [0.2, 0.25) is 0 Å². The second-order valence-electron chi connectivity index (χ2n) is 3.16. The number of hydrogen-bond acceptors (Lipinski definition) is 3. The second-order valence-corrected chi connectivity index (χ2v) is 3.16. The molecule has 0 bridgehead atoms. The SMILES string of the molecule is CC(=O)OC1(C)CCOCC1. The van der Waals surface area contributed by atoms with Crippen LogP contribution in [0.5, 0.6) is 0 Å². The van der Waals surface area contributed by atoms with Gasteiger partial charge >= 0.3 is 5.97 Å². The first-order valence-electron chi connectivity index (χ1n) is 3.90. The molecule has 0 spiro atoms. The summed E-state index contributed by atoms with van der Waals surface area (Å²) in [7, 11) is 0. The second kappa shape index (κ2) is 3.22. The Bertz CT molecular complexity index is 147. The number of esters is 1. The van der Waals surface area contributed by atoms with E-state index in [2.05, 4.69) is 0 Å². The molecule has 3 heteroatoms. The van der Waals surface area contributed by atoms with Gasteiger partial charge in [0.1, 0.15) is 5.60 Å². The largest absolute Gasteiger partial charge is 0.459 e. The quantitative estimate of drug-likeness (QED) is 0.536. The van der Waals surface area contributed by atoms with Crippen molar-refractivity contribution in [3.05, 3.63) is 0 Å². The Balaban J connectivity index is 2.43. The molecule has 0 aliphatic carbocycles. The Labute approximate surface area is 66.7 Å². The van der Waals surface area contributed by atoms with Crippen molar-refractivity contribution in [1.29, 1.82) is 0 Å². The molecule has 0 amide bonds. The zero-order valence-corrected chi connectivity index (χ0v) is 7.05. The summed E-state index contributed by atoms with van der Waals surface area (Å²) in [6, 6.07) is 0. The van der Waals surface area contributed by atoms with Crippen LogP contribution in [0.1, 0.15) is 26.7 Å². The summed E-state index contributed by atoms with van der Waals surface area (Å²) in [6.45, 7) is 4.80. The molecule has 3 nitrogen and oxygen atoms in total. The first-order chi connectivity index (χ1) is 5.12. The summed E-state index contributed by atoms with van der Waals surface area (Å²) in [4.78, 5) is 10.7. The maximum atomic E-state index is 10.7. The number of rotatable bonds is 1. The van der Waals surface area contributed by atoms with Gasteiger partial charge in [-0.05, 0) is 6.92 Å². The van der Waals surface area contributed by atoms with Crippen molar-refractivity contribution in [2.75, 3.05) is 13.2 Å². The Morgan fingerprint density at radius 3 is 2.45 bits per heavy atom. The Kier molecular flexibility index (Phi) is 2.49. The minimum absolute atomic E-state index is 0.200. The Morgan fingerprint density at radius 1 is 1.45 bits per heavy atom. The van der Waals surface area contributed by atoms with Crippen LogP contribution in [-0.4, -0.2) is 24.8 Å². The molecule has 11 heavy (non-hydrogen) atoms. The molecule has 64 valence electrons. The highest BCUT2D eigenvalue weighted by Crippen LogP contribution is 2.24. The van der Waals surface area contributed by atoms with Gasteiger partial charge in [0, 0.05) is 19.8 Å². The normalized spacial score (nSPS) is 22.7. The van der Waals surface area contributed by atoms with Gasteiger partial charge in [-0.15, -0.1) is 0 Å². The van der Waals surface area contributed by atoms with Gasteiger partial charge in [-0.2, -0.15) is 0 Å². The van der Waals surface area contributed by atoms with E-state index in [9.17, 15) is 4.79 Å². The predicted molar refractivity (Wildman–Crippen MR) is 40.2 cm³/mol. The van der Waals surface area contributed by atoms with Gasteiger partial charge in [0.05, 0.1) is 13.2 Å². The number of carbonyl (C=O) groups is 1. The molecule has 0 N–H and O–H groups in total. The molecule has 1 aliphatic rings. The summed E-state index contributed by atoms with van der Waals surface area (Å²) in [6.07, 6.45) is 1.62. The molecular formula is C8H14O3. The lowest BCUT2D eigenvalue weighted by atomic mass is 9.97. The number of ether oxygens (including phenoxy) is 2. The standard InChI is InChI=1S/C8H14O3/c1-7(9)11-8(2)3-5-10-6-4-8/h3-6H2,1-2H3. The van der Waals surface area contributed by atoms with Crippen LogP contribution in [0, 0.1) is 0 Å². The van der Waals surface area contributed by atoms with Crippen molar-refractivity contribution in [2.45, 2.75) is 32.3 Å².